The second kappa shape index (κ2) is 8.60. The molecule has 1 rings (SSSR count). The van der Waals surface area contributed by atoms with Crippen LogP contribution in [-0.2, 0) is 6.54 Å². The van der Waals surface area contributed by atoms with Crippen LogP contribution in [0.1, 0.15) is 23.8 Å². The van der Waals surface area contributed by atoms with Crippen molar-refractivity contribution in [2.75, 3.05) is 25.6 Å². The summed E-state index contributed by atoms with van der Waals surface area (Å²) in [4.78, 5) is 3.74. The first-order valence-corrected chi connectivity index (χ1v) is 8.40. The molecule has 100 valence electrons. The predicted octanol–water partition coefficient (Wildman–Crippen LogP) is 2.63. The van der Waals surface area contributed by atoms with Gasteiger partial charge in [-0.1, -0.05) is 11.8 Å². The monoisotopic (exact) mass is 282 g/mol. The fourth-order valence-electron chi connectivity index (χ4n) is 1.61. The summed E-state index contributed by atoms with van der Waals surface area (Å²) in [5.74, 6) is 7.29. The molecule has 1 aromatic rings. The highest BCUT2D eigenvalue weighted by Crippen LogP contribution is 2.19. The average Bonchev–Trinajstić information content (AvgIpc) is 2.80. The normalized spacial score (nSPS) is 12.3. The van der Waals surface area contributed by atoms with Gasteiger partial charge in [0, 0.05) is 23.0 Å². The molecule has 2 nitrogen and oxygen atoms in total. The van der Waals surface area contributed by atoms with E-state index >= 15 is 0 Å². The van der Waals surface area contributed by atoms with Gasteiger partial charge < -0.3 is 5.73 Å². The van der Waals surface area contributed by atoms with Gasteiger partial charge in [0.05, 0.1) is 6.54 Å². The largest absolute Gasteiger partial charge is 0.320 e. The molecule has 1 aromatic heterocycles. The molecule has 18 heavy (non-hydrogen) atoms. The Kier molecular flexibility index (Phi) is 7.45. The molecule has 4 heteroatoms. The summed E-state index contributed by atoms with van der Waals surface area (Å²) in [7, 11) is 2.19. The molecular formula is C14H22N2S2. The minimum atomic E-state index is 0.426. The van der Waals surface area contributed by atoms with Gasteiger partial charge in [0.1, 0.15) is 0 Å². The van der Waals surface area contributed by atoms with Crippen LogP contribution in [0.15, 0.2) is 11.4 Å². The van der Waals surface area contributed by atoms with Crippen molar-refractivity contribution < 1.29 is 0 Å². The third kappa shape index (κ3) is 5.03. The highest BCUT2D eigenvalue weighted by Gasteiger charge is 2.11. The molecule has 2 N–H and O–H groups in total. The summed E-state index contributed by atoms with van der Waals surface area (Å²) >= 11 is 3.69. The van der Waals surface area contributed by atoms with E-state index in [-0.39, 0.29) is 0 Å². The van der Waals surface area contributed by atoms with Crippen LogP contribution in [0, 0.1) is 11.8 Å². The zero-order valence-electron chi connectivity index (χ0n) is 11.4. The van der Waals surface area contributed by atoms with E-state index in [1.165, 1.54) is 17.1 Å². The van der Waals surface area contributed by atoms with E-state index in [0.29, 0.717) is 12.6 Å². The van der Waals surface area contributed by atoms with Crippen molar-refractivity contribution in [2.24, 2.45) is 5.73 Å². The van der Waals surface area contributed by atoms with Gasteiger partial charge in [-0.05, 0) is 43.8 Å². The Morgan fingerprint density at radius 1 is 1.56 bits per heavy atom. The zero-order chi connectivity index (χ0) is 13.4. The minimum Gasteiger partial charge on any atom is -0.320 e. The molecule has 0 spiro atoms. The number of nitrogens with two attached hydrogens (primary N) is 1. The maximum absolute atomic E-state index is 5.42. The molecule has 0 bridgehead atoms. The number of thioether (sulfide) groups is 1. The molecule has 1 unspecified atom stereocenters. The highest BCUT2D eigenvalue weighted by molar-refractivity contribution is 7.98. The molecule has 0 amide bonds. The van der Waals surface area contributed by atoms with Crippen LogP contribution < -0.4 is 5.73 Å². The van der Waals surface area contributed by atoms with E-state index in [1.807, 2.05) is 11.8 Å². The van der Waals surface area contributed by atoms with Gasteiger partial charge >= 0.3 is 0 Å². The molecule has 0 aliphatic heterocycles. The number of rotatable bonds is 6. The summed E-state index contributed by atoms with van der Waals surface area (Å²) in [6, 6.07) is 2.69. The number of hydrogen-bond acceptors (Lipinski definition) is 4. The van der Waals surface area contributed by atoms with Crippen molar-refractivity contribution in [3.8, 4) is 11.8 Å². The van der Waals surface area contributed by atoms with Crippen molar-refractivity contribution >= 4 is 23.1 Å². The van der Waals surface area contributed by atoms with Gasteiger partial charge in [-0.2, -0.15) is 11.8 Å². The van der Waals surface area contributed by atoms with Gasteiger partial charge in [-0.25, -0.2) is 0 Å². The lowest BCUT2D eigenvalue weighted by Gasteiger charge is -2.24. The minimum absolute atomic E-state index is 0.426. The van der Waals surface area contributed by atoms with Crippen molar-refractivity contribution in [2.45, 2.75) is 25.9 Å². The number of nitrogens with zero attached hydrogens (tertiary/aromatic N) is 1. The third-order valence-corrected chi connectivity index (χ3v) is 4.51. The molecule has 1 heterocycles. The average molecular weight is 282 g/mol. The Morgan fingerprint density at radius 3 is 3.00 bits per heavy atom. The van der Waals surface area contributed by atoms with Crippen LogP contribution in [0.25, 0.3) is 0 Å². The molecule has 1 atom stereocenters. The van der Waals surface area contributed by atoms with Crippen LogP contribution in [0.2, 0.25) is 0 Å². The van der Waals surface area contributed by atoms with Gasteiger partial charge in [0.25, 0.3) is 0 Å². The molecule has 0 aromatic carbocycles. The third-order valence-electron chi connectivity index (χ3n) is 2.96. The lowest BCUT2D eigenvalue weighted by Crippen LogP contribution is -2.28. The highest BCUT2D eigenvalue weighted by atomic mass is 32.2. The quantitative estimate of drug-likeness (QED) is 0.813. The van der Waals surface area contributed by atoms with Gasteiger partial charge in [-0.15, -0.1) is 11.3 Å². The smallest absolute Gasteiger partial charge is 0.0555 e. The van der Waals surface area contributed by atoms with E-state index in [9.17, 15) is 0 Å². The van der Waals surface area contributed by atoms with E-state index in [2.05, 4.69) is 48.4 Å². The molecule has 0 fully saturated rings. The summed E-state index contributed by atoms with van der Waals surface area (Å²) in [5, 5.41) is 2.11. The lowest BCUT2D eigenvalue weighted by molar-refractivity contribution is 0.247. The molecule has 0 radical (unpaired) electrons. The summed E-state index contributed by atoms with van der Waals surface area (Å²) < 4.78 is 0. The van der Waals surface area contributed by atoms with E-state index in [1.54, 1.807) is 11.3 Å². The van der Waals surface area contributed by atoms with Crippen LogP contribution >= 0.6 is 23.1 Å². The van der Waals surface area contributed by atoms with Gasteiger partial charge in [0.15, 0.2) is 0 Å². The number of hydrogen-bond donors (Lipinski definition) is 1. The molecule has 0 saturated carbocycles. The Labute approximate surface area is 119 Å². The summed E-state index contributed by atoms with van der Waals surface area (Å²) in [6.45, 7) is 3.69. The first-order valence-electron chi connectivity index (χ1n) is 6.13. The van der Waals surface area contributed by atoms with Crippen molar-refractivity contribution in [3.05, 3.63) is 21.9 Å². The second-order valence-corrected chi connectivity index (χ2v) is 6.30. The Morgan fingerprint density at radius 2 is 2.33 bits per heavy atom. The zero-order valence-corrected chi connectivity index (χ0v) is 13.0. The van der Waals surface area contributed by atoms with Crippen molar-refractivity contribution in [3.63, 3.8) is 0 Å². The first-order chi connectivity index (χ1) is 8.69. The molecule has 0 aliphatic rings. The first kappa shape index (κ1) is 15.6. The topological polar surface area (TPSA) is 29.3 Å². The summed E-state index contributed by atoms with van der Waals surface area (Å²) in [6.07, 6.45) is 3.39. The van der Waals surface area contributed by atoms with Crippen molar-refractivity contribution in [1.29, 1.82) is 0 Å². The maximum Gasteiger partial charge on any atom is 0.0555 e. The Balaban J connectivity index is 2.58. The molecule has 0 aliphatic carbocycles. The summed E-state index contributed by atoms with van der Waals surface area (Å²) in [5.41, 5.74) is 6.55. The number of thiophene rings is 1. The van der Waals surface area contributed by atoms with Crippen LogP contribution in [0.4, 0.5) is 0 Å². The maximum atomic E-state index is 5.42. The van der Waals surface area contributed by atoms with Crippen LogP contribution in [0.3, 0.4) is 0 Å². The van der Waals surface area contributed by atoms with E-state index < -0.39 is 0 Å². The fraction of sp³-hybridized carbons (Fsp3) is 0.571. The second-order valence-electron chi connectivity index (χ2n) is 4.31. The van der Waals surface area contributed by atoms with E-state index in [4.69, 9.17) is 5.73 Å². The standard InChI is InChI=1S/C14H22N2S2/c1-12(6-9-17-3)16(2)11-14-13(5-4-8-15)7-10-18-14/h7,10,12H,6,8-9,11,15H2,1-3H3. The predicted molar refractivity (Wildman–Crippen MR) is 84.2 cm³/mol. The molecule has 0 saturated heterocycles. The van der Waals surface area contributed by atoms with Crippen LogP contribution in [-0.4, -0.2) is 36.5 Å². The molecular weight excluding hydrogens is 260 g/mol. The lowest BCUT2D eigenvalue weighted by atomic mass is 10.2. The van der Waals surface area contributed by atoms with Gasteiger partial charge in [0.2, 0.25) is 0 Å². The van der Waals surface area contributed by atoms with Crippen molar-refractivity contribution in [1.82, 2.24) is 4.90 Å². The van der Waals surface area contributed by atoms with E-state index in [0.717, 1.165) is 12.1 Å². The Hall–Kier alpha value is -0.470. The SMILES string of the molecule is CSCCC(C)N(C)Cc1sccc1C#CCN. The van der Waals surface area contributed by atoms with Crippen LogP contribution in [0.5, 0.6) is 0 Å². The van der Waals surface area contributed by atoms with Gasteiger partial charge in [-0.3, -0.25) is 4.90 Å². The fourth-order valence-corrected chi connectivity index (χ4v) is 3.08. The Bertz CT molecular complexity index is 403.